The molecule has 1 aromatic rings. The highest BCUT2D eigenvalue weighted by molar-refractivity contribution is 9.10. The number of rotatable bonds is 8. The minimum Gasteiger partial charge on any atom is -0.384 e. The fourth-order valence-corrected chi connectivity index (χ4v) is 3.77. The average Bonchev–Trinajstić information content (AvgIpc) is 2.41. The largest absolute Gasteiger partial charge is 0.384 e. The van der Waals surface area contributed by atoms with Crippen molar-refractivity contribution in [2.75, 3.05) is 27.3 Å². The van der Waals surface area contributed by atoms with Crippen LogP contribution in [0, 0.1) is 11.7 Å². The van der Waals surface area contributed by atoms with Crippen molar-refractivity contribution in [1.29, 1.82) is 0 Å². The second-order valence-corrected chi connectivity index (χ2v) is 7.47. The molecule has 0 saturated carbocycles. The molecule has 1 aromatic carbocycles. The zero-order valence-electron chi connectivity index (χ0n) is 12.2. The van der Waals surface area contributed by atoms with Crippen molar-refractivity contribution < 1.29 is 17.5 Å². The first-order valence-electron chi connectivity index (χ1n) is 6.43. The van der Waals surface area contributed by atoms with Gasteiger partial charge in [0.1, 0.15) is 10.7 Å². The van der Waals surface area contributed by atoms with E-state index in [9.17, 15) is 12.8 Å². The highest BCUT2D eigenvalue weighted by atomic mass is 79.9. The lowest BCUT2D eigenvalue weighted by atomic mass is 10.2. The van der Waals surface area contributed by atoms with E-state index in [4.69, 9.17) is 4.74 Å². The van der Waals surface area contributed by atoms with E-state index in [2.05, 4.69) is 26.0 Å². The van der Waals surface area contributed by atoms with Crippen LogP contribution in [-0.4, -0.2) is 35.7 Å². The SMILES string of the molecule is CNCc1cc(Br)cc(S(=O)(=O)NCC(C)COC)c1F. The Labute approximate surface area is 133 Å². The quantitative estimate of drug-likeness (QED) is 0.719. The number of halogens is 2. The molecule has 0 bridgehead atoms. The van der Waals surface area contributed by atoms with Crippen LogP contribution in [0.1, 0.15) is 12.5 Å². The lowest BCUT2D eigenvalue weighted by Crippen LogP contribution is -2.31. The molecule has 0 spiro atoms. The standard InChI is InChI=1S/C13H20BrFN2O3S/c1-9(8-20-3)6-17-21(18,19)12-5-11(14)4-10(7-16-2)13(12)15/h4-5,9,16-17H,6-8H2,1-3H3. The Balaban J connectivity index is 3.02. The van der Waals surface area contributed by atoms with Crippen molar-refractivity contribution in [1.82, 2.24) is 10.0 Å². The molecule has 0 aromatic heterocycles. The van der Waals surface area contributed by atoms with Gasteiger partial charge < -0.3 is 10.1 Å². The van der Waals surface area contributed by atoms with Crippen LogP contribution < -0.4 is 10.0 Å². The number of benzene rings is 1. The summed E-state index contributed by atoms with van der Waals surface area (Å²) >= 11 is 3.21. The molecule has 2 N–H and O–H groups in total. The lowest BCUT2D eigenvalue weighted by Gasteiger charge is -2.14. The summed E-state index contributed by atoms with van der Waals surface area (Å²) in [4.78, 5) is -0.355. The van der Waals surface area contributed by atoms with Crippen LogP contribution >= 0.6 is 15.9 Å². The van der Waals surface area contributed by atoms with E-state index in [1.807, 2.05) is 6.92 Å². The Kier molecular flexibility index (Phi) is 7.22. The number of hydrogen-bond acceptors (Lipinski definition) is 4. The van der Waals surface area contributed by atoms with Gasteiger partial charge in [0.2, 0.25) is 10.0 Å². The third-order valence-electron chi connectivity index (χ3n) is 2.81. The third-order valence-corrected chi connectivity index (χ3v) is 4.69. The van der Waals surface area contributed by atoms with E-state index in [1.165, 1.54) is 6.07 Å². The highest BCUT2D eigenvalue weighted by Crippen LogP contribution is 2.24. The Morgan fingerprint density at radius 3 is 2.67 bits per heavy atom. The second kappa shape index (κ2) is 8.19. The average molecular weight is 383 g/mol. The first kappa shape index (κ1) is 18.5. The van der Waals surface area contributed by atoms with E-state index in [0.29, 0.717) is 11.1 Å². The molecule has 1 unspecified atom stereocenters. The normalized spacial score (nSPS) is 13.4. The van der Waals surface area contributed by atoms with Crippen molar-refractivity contribution in [3.05, 3.63) is 28.0 Å². The maximum Gasteiger partial charge on any atom is 0.243 e. The molecule has 5 nitrogen and oxygen atoms in total. The van der Waals surface area contributed by atoms with Crippen molar-refractivity contribution in [2.45, 2.75) is 18.4 Å². The summed E-state index contributed by atoms with van der Waals surface area (Å²) < 4.78 is 46.6. The molecule has 1 rings (SSSR count). The molecule has 0 saturated heterocycles. The fourth-order valence-electron chi connectivity index (χ4n) is 1.81. The topological polar surface area (TPSA) is 67.4 Å². The molecule has 0 amide bonds. The summed E-state index contributed by atoms with van der Waals surface area (Å²) in [5.74, 6) is -0.740. The van der Waals surface area contributed by atoms with Gasteiger partial charge in [-0.1, -0.05) is 22.9 Å². The summed E-state index contributed by atoms with van der Waals surface area (Å²) in [6.07, 6.45) is 0. The van der Waals surface area contributed by atoms with Gasteiger partial charge in [0, 0.05) is 36.8 Å². The molecule has 8 heteroatoms. The van der Waals surface area contributed by atoms with Gasteiger partial charge in [-0.2, -0.15) is 0 Å². The highest BCUT2D eigenvalue weighted by Gasteiger charge is 2.22. The number of nitrogens with one attached hydrogen (secondary N) is 2. The van der Waals surface area contributed by atoms with E-state index in [1.54, 1.807) is 20.2 Å². The molecule has 0 aliphatic rings. The van der Waals surface area contributed by atoms with Gasteiger partial charge in [-0.05, 0) is 25.1 Å². The van der Waals surface area contributed by atoms with Crippen molar-refractivity contribution in [3.8, 4) is 0 Å². The zero-order chi connectivity index (χ0) is 16.0. The van der Waals surface area contributed by atoms with Crippen LogP contribution in [0.2, 0.25) is 0 Å². The molecular formula is C13H20BrFN2O3S. The Morgan fingerprint density at radius 1 is 1.43 bits per heavy atom. The van der Waals surface area contributed by atoms with Gasteiger partial charge in [-0.15, -0.1) is 0 Å². The number of methoxy groups -OCH3 is 1. The van der Waals surface area contributed by atoms with Crippen molar-refractivity contribution in [3.63, 3.8) is 0 Å². The number of hydrogen-bond donors (Lipinski definition) is 2. The predicted octanol–water partition coefficient (Wildman–Crippen LogP) is 1.87. The molecule has 21 heavy (non-hydrogen) atoms. The van der Waals surface area contributed by atoms with Crippen LogP contribution in [0.25, 0.3) is 0 Å². The lowest BCUT2D eigenvalue weighted by molar-refractivity contribution is 0.161. The Morgan fingerprint density at radius 2 is 2.10 bits per heavy atom. The second-order valence-electron chi connectivity index (χ2n) is 4.82. The maximum atomic E-state index is 14.3. The molecule has 0 heterocycles. The smallest absolute Gasteiger partial charge is 0.243 e. The molecule has 0 fully saturated rings. The van der Waals surface area contributed by atoms with E-state index < -0.39 is 15.8 Å². The Hall–Kier alpha value is -0.540. The van der Waals surface area contributed by atoms with Crippen LogP contribution in [0.4, 0.5) is 4.39 Å². The van der Waals surface area contributed by atoms with Crippen LogP contribution in [0.15, 0.2) is 21.5 Å². The molecule has 120 valence electrons. The number of ether oxygens (including phenoxy) is 1. The zero-order valence-corrected chi connectivity index (χ0v) is 14.6. The van der Waals surface area contributed by atoms with Gasteiger partial charge >= 0.3 is 0 Å². The summed E-state index contributed by atoms with van der Waals surface area (Å²) in [5, 5.41) is 2.81. The van der Waals surface area contributed by atoms with Crippen molar-refractivity contribution >= 4 is 26.0 Å². The fraction of sp³-hybridized carbons (Fsp3) is 0.538. The number of sulfonamides is 1. The monoisotopic (exact) mass is 382 g/mol. The van der Waals surface area contributed by atoms with Crippen LogP contribution in [0.3, 0.4) is 0 Å². The maximum absolute atomic E-state index is 14.3. The summed E-state index contributed by atoms with van der Waals surface area (Å²) in [6, 6.07) is 2.82. The molecular weight excluding hydrogens is 363 g/mol. The van der Waals surface area contributed by atoms with Gasteiger partial charge in [-0.25, -0.2) is 17.5 Å². The summed E-state index contributed by atoms with van der Waals surface area (Å²) in [5.41, 5.74) is 0.289. The van der Waals surface area contributed by atoms with Gasteiger partial charge in [0.25, 0.3) is 0 Å². The van der Waals surface area contributed by atoms with E-state index in [-0.39, 0.29) is 29.5 Å². The van der Waals surface area contributed by atoms with E-state index in [0.717, 1.165) is 0 Å². The summed E-state index contributed by atoms with van der Waals surface area (Å²) in [7, 11) is -0.695. The first-order chi connectivity index (χ1) is 9.81. The third kappa shape index (κ3) is 5.30. The van der Waals surface area contributed by atoms with Gasteiger partial charge in [0.15, 0.2) is 0 Å². The van der Waals surface area contributed by atoms with Gasteiger partial charge in [-0.3, -0.25) is 0 Å². The minimum atomic E-state index is -3.91. The molecule has 1 atom stereocenters. The molecule has 0 aliphatic heterocycles. The predicted molar refractivity (Wildman–Crippen MR) is 83.1 cm³/mol. The summed E-state index contributed by atoms with van der Waals surface area (Å²) in [6.45, 7) is 2.70. The first-order valence-corrected chi connectivity index (χ1v) is 8.70. The molecule has 0 aliphatic carbocycles. The van der Waals surface area contributed by atoms with Crippen LogP contribution in [-0.2, 0) is 21.3 Å². The van der Waals surface area contributed by atoms with Gasteiger partial charge in [0.05, 0.1) is 0 Å². The van der Waals surface area contributed by atoms with Crippen LogP contribution in [0.5, 0.6) is 0 Å². The Bertz CT molecular complexity index is 581. The van der Waals surface area contributed by atoms with E-state index >= 15 is 0 Å². The van der Waals surface area contributed by atoms with Crippen molar-refractivity contribution in [2.24, 2.45) is 5.92 Å². The minimum absolute atomic E-state index is 0.00299. The molecule has 0 radical (unpaired) electrons.